The van der Waals surface area contributed by atoms with Crippen LogP contribution in [0.25, 0.3) is 0 Å². The summed E-state index contributed by atoms with van der Waals surface area (Å²) in [6.07, 6.45) is 0.944. The van der Waals surface area contributed by atoms with E-state index in [-0.39, 0.29) is 42.0 Å². The molecule has 29 heavy (non-hydrogen) atoms. The highest BCUT2D eigenvalue weighted by molar-refractivity contribution is 5.98. The largest absolute Gasteiger partial charge is 0.338 e. The van der Waals surface area contributed by atoms with E-state index in [1.165, 1.54) is 5.56 Å². The number of nitrogens with one attached hydrogen (secondary N) is 1. The predicted molar refractivity (Wildman–Crippen MR) is 117 cm³/mol. The number of halogens is 1. The average molecular weight is 414 g/mol. The molecular weight excluding hydrogens is 386 g/mol. The van der Waals surface area contributed by atoms with Crippen LogP contribution in [0, 0.1) is 17.8 Å². The maximum atomic E-state index is 13.1. The molecule has 3 N–H and O–H groups in total. The number of hydrogen-bond acceptors (Lipinski definition) is 3. The first-order valence-electron chi connectivity index (χ1n) is 10.0. The Labute approximate surface area is 178 Å². The van der Waals surface area contributed by atoms with Gasteiger partial charge in [0.25, 0.3) is 5.91 Å². The van der Waals surface area contributed by atoms with E-state index in [1.54, 1.807) is 6.07 Å². The Morgan fingerprint density at radius 1 is 1.10 bits per heavy atom. The van der Waals surface area contributed by atoms with E-state index >= 15 is 0 Å². The van der Waals surface area contributed by atoms with Gasteiger partial charge in [0.15, 0.2) is 0 Å². The Morgan fingerprint density at radius 2 is 1.83 bits per heavy atom. The third-order valence-electron chi connectivity index (χ3n) is 6.08. The lowest BCUT2D eigenvalue weighted by molar-refractivity contribution is -0.117. The zero-order valence-electron chi connectivity index (χ0n) is 16.6. The number of anilines is 1. The summed E-state index contributed by atoms with van der Waals surface area (Å²) in [4.78, 5) is 27.2. The molecule has 2 amide bonds. The van der Waals surface area contributed by atoms with Crippen molar-refractivity contribution in [2.24, 2.45) is 23.5 Å². The van der Waals surface area contributed by atoms with E-state index in [4.69, 9.17) is 5.73 Å². The molecule has 2 aromatic carbocycles. The van der Waals surface area contributed by atoms with Crippen molar-refractivity contribution in [2.45, 2.75) is 19.3 Å². The van der Waals surface area contributed by atoms with Crippen molar-refractivity contribution in [3.63, 3.8) is 0 Å². The molecule has 4 atom stereocenters. The molecule has 1 saturated heterocycles. The molecule has 1 saturated carbocycles. The van der Waals surface area contributed by atoms with Crippen molar-refractivity contribution < 1.29 is 9.59 Å². The Morgan fingerprint density at radius 3 is 2.48 bits per heavy atom. The lowest BCUT2D eigenvalue weighted by atomic mass is 9.89. The second-order valence-corrected chi connectivity index (χ2v) is 8.11. The quantitative estimate of drug-likeness (QED) is 0.787. The van der Waals surface area contributed by atoms with Crippen LogP contribution < -0.4 is 11.1 Å². The Kier molecular flexibility index (Phi) is 6.60. The van der Waals surface area contributed by atoms with Crippen molar-refractivity contribution in [1.29, 1.82) is 0 Å². The van der Waals surface area contributed by atoms with E-state index in [2.05, 4.69) is 24.4 Å². The second-order valence-electron chi connectivity index (χ2n) is 8.11. The third-order valence-corrected chi connectivity index (χ3v) is 6.08. The first-order valence-corrected chi connectivity index (χ1v) is 10.0. The monoisotopic (exact) mass is 413 g/mol. The van der Waals surface area contributed by atoms with Gasteiger partial charge in [-0.25, -0.2) is 0 Å². The topological polar surface area (TPSA) is 75.4 Å². The normalized spacial score (nSPS) is 25.2. The van der Waals surface area contributed by atoms with Crippen LogP contribution in [0.2, 0.25) is 0 Å². The number of nitrogens with zero attached hydrogens (tertiary/aromatic N) is 1. The molecule has 0 spiro atoms. The first-order chi connectivity index (χ1) is 13.6. The van der Waals surface area contributed by atoms with E-state index in [1.807, 2.05) is 41.3 Å². The number of benzene rings is 2. The van der Waals surface area contributed by atoms with Crippen LogP contribution >= 0.6 is 12.4 Å². The molecule has 1 heterocycles. The third kappa shape index (κ3) is 4.62. The number of nitrogens with two attached hydrogens (primary N) is 1. The van der Waals surface area contributed by atoms with Crippen LogP contribution in [0.1, 0.15) is 35.2 Å². The summed E-state index contributed by atoms with van der Waals surface area (Å²) in [5, 5.41) is 2.95. The number of carbonyl (C=O) groups is 2. The molecule has 4 rings (SSSR count). The smallest absolute Gasteiger partial charge is 0.253 e. The van der Waals surface area contributed by atoms with Crippen molar-refractivity contribution >= 4 is 29.9 Å². The molecule has 1 aliphatic heterocycles. The lowest BCUT2D eigenvalue weighted by Crippen LogP contribution is -2.30. The standard InChI is InChI=1S/C23H27N3O2.ClH/c1-15-10-20(15)22(27)25-19-9-5-8-17(11-19)23(28)26-13-18(12-24)21(14-26)16-6-3-2-4-7-16;/h2-9,11,15,18,20-21H,10,12-14,24H2,1H3,(H,25,27);1H/t15?,18-,20?,21+;/m1./s1. The van der Waals surface area contributed by atoms with Gasteiger partial charge in [-0.1, -0.05) is 43.3 Å². The second kappa shape index (κ2) is 8.97. The van der Waals surface area contributed by atoms with Gasteiger partial charge in [0, 0.05) is 36.2 Å². The fourth-order valence-electron chi connectivity index (χ4n) is 4.19. The zero-order valence-corrected chi connectivity index (χ0v) is 17.4. The summed E-state index contributed by atoms with van der Waals surface area (Å²) >= 11 is 0. The summed E-state index contributed by atoms with van der Waals surface area (Å²) in [5.74, 6) is 1.12. The molecule has 154 valence electrons. The predicted octanol–water partition coefficient (Wildman–Crippen LogP) is 3.52. The van der Waals surface area contributed by atoms with E-state index < -0.39 is 0 Å². The number of amides is 2. The van der Waals surface area contributed by atoms with Crippen LogP contribution in [0.5, 0.6) is 0 Å². The van der Waals surface area contributed by atoms with Crippen molar-refractivity contribution in [2.75, 3.05) is 25.0 Å². The zero-order chi connectivity index (χ0) is 19.7. The molecule has 2 fully saturated rings. The van der Waals surface area contributed by atoms with Gasteiger partial charge in [-0.3, -0.25) is 9.59 Å². The fraction of sp³-hybridized carbons (Fsp3) is 0.391. The minimum Gasteiger partial charge on any atom is -0.338 e. The van der Waals surface area contributed by atoms with Gasteiger partial charge in [0.05, 0.1) is 0 Å². The van der Waals surface area contributed by atoms with Crippen molar-refractivity contribution in [3.8, 4) is 0 Å². The van der Waals surface area contributed by atoms with Crippen LogP contribution in [0.4, 0.5) is 5.69 Å². The van der Waals surface area contributed by atoms with Crippen LogP contribution in [0.3, 0.4) is 0 Å². The van der Waals surface area contributed by atoms with Gasteiger partial charge in [0.1, 0.15) is 0 Å². The van der Waals surface area contributed by atoms with Gasteiger partial charge < -0.3 is 16.0 Å². The molecule has 5 nitrogen and oxygen atoms in total. The highest BCUT2D eigenvalue weighted by Crippen LogP contribution is 2.38. The minimum absolute atomic E-state index is 0. The fourth-order valence-corrected chi connectivity index (χ4v) is 4.19. The Balaban J connectivity index is 0.00000240. The molecule has 2 aliphatic rings. The van der Waals surface area contributed by atoms with E-state index in [0.717, 1.165) is 6.42 Å². The number of likely N-dealkylation sites (tertiary alicyclic amines) is 1. The molecular formula is C23H28ClN3O2. The van der Waals surface area contributed by atoms with Gasteiger partial charge in [0.2, 0.25) is 5.91 Å². The van der Waals surface area contributed by atoms with E-state index in [9.17, 15) is 9.59 Å². The summed E-state index contributed by atoms with van der Waals surface area (Å²) in [6, 6.07) is 17.5. The molecule has 0 radical (unpaired) electrons. The Hall–Kier alpha value is -2.37. The average Bonchev–Trinajstić information content (AvgIpc) is 3.30. The van der Waals surface area contributed by atoms with Crippen molar-refractivity contribution in [3.05, 3.63) is 65.7 Å². The molecule has 0 aromatic heterocycles. The summed E-state index contributed by atoms with van der Waals surface area (Å²) in [5.41, 5.74) is 8.52. The SMILES string of the molecule is CC1CC1C(=O)Nc1cccc(C(=O)N2C[C@@H](CN)[C@H](c3ccccc3)C2)c1.Cl. The van der Waals surface area contributed by atoms with Crippen LogP contribution in [0.15, 0.2) is 54.6 Å². The number of hydrogen-bond donors (Lipinski definition) is 2. The molecule has 0 bridgehead atoms. The van der Waals surface area contributed by atoms with Gasteiger partial charge in [-0.05, 0) is 48.6 Å². The maximum Gasteiger partial charge on any atom is 0.253 e. The molecule has 2 aromatic rings. The highest BCUT2D eigenvalue weighted by Gasteiger charge is 2.39. The summed E-state index contributed by atoms with van der Waals surface area (Å²) in [7, 11) is 0. The highest BCUT2D eigenvalue weighted by atomic mass is 35.5. The van der Waals surface area contributed by atoms with Gasteiger partial charge >= 0.3 is 0 Å². The maximum absolute atomic E-state index is 13.1. The van der Waals surface area contributed by atoms with E-state index in [0.29, 0.717) is 36.8 Å². The molecule has 1 aliphatic carbocycles. The van der Waals surface area contributed by atoms with Crippen molar-refractivity contribution in [1.82, 2.24) is 4.90 Å². The van der Waals surface area contributed by atoms with Gasteiger partial charge in [-0.15, -0.1) is 12.4 Å². The van der Waals surface area contributed by atoms with Crippen LogP contribution in [-0.2, 0) is 4.79 Å². The lowest BCUT2D eigenvalue weighted by Gasteiger charge is -2.17. The number of carbonyl (C=O) groups excluding carboxylic acids is 2. The molecule has 2 unspecified atom stereocenters. The summed E-state index contributed by atoms with van der Waals surface area (Å²) in [6.45, 7) is 3.96. The van der Waals surface area contributed by atoms with Gasteiger partial charge in [-0.2, -0.15) is 0 Å². The minimum atomic E-state index is -0.00669. The summed E-state index contributed by atoms with van der Waals surface area (Å²) < 4.78 is 0. The first kappa shape index (κ1) is 21.3. The molecule has 6 heteroatoms. The number of rotatable bonds is 5. The Bertz CT molecular complexity index is 873. The van der Waals surface area contributed by atoms with Crippen LogP contribution in [-0.4, -0.2) is 36.3 Å².